The fraction of sp³-hybridized carbons (Fsp3) is 0.929. The van der Waals surface area contributed by atoms with Crippen LogP contribution >= 0.6 is 0 Å². The van der Waals surface area contributed by atoms with E-state index in [1.165, 1.54) is 38.5 Å². The van der Waals surface area contributed by atoms with Gasteiger partial charge < -0.3 is 10.2 Å². The molecular formula is C14H26N2O. The van der Waals surface area contributed by atoms with Crippen molar-refractivity contribution < 1.29 is 4.79 Å². The van der Waals surface area contributed by atoms with E-state index in [4.69, 9.17) is 0 Å². The van der Waals surface area contributed by atoms with Gasteiger partial charge in [-0.15, -0.1) is 0 Å². The Morgan fingerprint density at radius 2 is 1.76 bits per heavy atom. The molecule has 1 aliphatic carbocycles. The lowest BCUT2D eigenvalue weighted by molar-refractivity contribution is -0.138. The number of amides is 1. The summed E-state index contributed by atoms with van der Waals surface area (Å²) in [5.74, 6) is 0.307. The van der Waals surface area contributed by atoms with E-state index in [0.717, 1.165) is 19.5 Å². The molecule has 2 rings (SSSR count). The highest BCUT2D eigenvalue weighted by atomic mass is 16.2. The zero-order valence-corrected chi connectivity index (χ0v) is 11.3. The van der Waals surface area contributed by atoms with E-state index in [0.29, 0.717) is 11.9 Å². The van der Waals surface area contributed by atoms with Crippen LogP contribution in [-0.4, -0.2) is 35.5 Å². The Labute approximate surface area is 105 Å². The first kappa shape index (κ1) is 12.9. The molecule has 3 heteroatoms. The van der Waals surface area contributed by atoms with Crippen molar-refractivity contribution in [3.8, 4) is 0 Å². The van der Waals surface area contributed by atoms with Crippen LogP contribution < -0.4 is 5.32 Å². The Morgan fingerprint density at radius 1 is 1.12 bits per heavy atom. The van der Waals surface area contributed by atoms with Crippen molar-refractivity contribution in [3.63, 3.8) is 0 Å². The SMILES string of the molecule is CC1(C)NCCCN(C2CCCCCC2)C1=O. The molecule has 1 N–H and O–H groups in total. The molecule has 0 radical (unpaired) electrons. The molecule has 0 atom stereocenters. The summed E-state index contributed by atoms with van der Waals surface area (Å²) < 4.78 is 0. The third-order valence-electron chi connectivity index (χ3n) is 4.20. The molecule has 1 saturated carbocycles. The predicted octanol–water partition coefficient (Wildman–Crippen LogP) is 2.31. The fourth-order valence-electron chi connectivity index (χ4n) is 3.10. The van der Waals surface area contributed by atoms with Crippen LogP contribution in [0.2, 0.25) is 0 Å². The zero-order valence-electron chi connectivity index (χ0n) is 11.3. The maximum absolute atomic E-state index is 12.5. The van der Waals surface area contributed by atoms with Crippen molar-refractivity contribution in [3.05, 3.63) is 0 Å². The van der Waals surface area contributed by atoms with Crippen LogP contribution in [0.3, 0.4) is 0 Å². The van der Waals surface area contributed by atoms with Crippen LogP contribution in [-0.2, 0) is 4.79 Å². The van der Waals surface area contributed by atoms with Crippen LogP contribution in [0, 0.1) is 0 Å². The molecule has 1 saturated heterocycles. The van der Waals surface area contributed by atoms with Crippen LogP contribution in [0.4, 0.5) is 0 Å². The lowest BCUT2D eigenvalue weighted by Crippen LogP contribution is -2.54. The molecule has 0 aromatic carbocycles. The molecular weight excluding hydrogens is 212 g/mol. The number of nitrogens with zero attached hydrogens (tertiary/aromatic N) is 1. The van der Waals surface area contributed by atoms with Crippen molar-refractivity contribution in [2.75, 3.05) is 13.1 Å². The lowest BCUT2D eigenvalue weighted by Gasteiger charge is -2.35. The average Bonchev–Trinajstić information content (AvgIpc) is 2.61. The van der Waals surface area contributed by atoms with Gasteiger partial charge in [0.1, 0.15) is 0 Å². The van der Waals surface area contributed by atoms with E-state index in [1.807, 2.05) is 13.8 Å². The van der Waals surface area contributed by atoms with Gasteiger partial charge in [-0.1, -0.05) is 25.7 Å². The molecule has 17 heavy (non-hydrogen) atoms. The monoisotopic (exact) mass is 238 g/mol. The van der Waals surface area contributed by atoms with Crippen molar-refractivity contribution in [2.24, 2.45) is 0 Å². The summed E-state index contributed by atoms with van der Waals surface area (Å²) in [5, 5.41) is 3.36. The Kier molecular flexibility index (Phi) is 4.08. The van der Waals surface area contributed by atoms with E-state index in [2.05, 4.69) is 10.2 Å². The van der Waals surface area contributed by atoms with Crippen molar-refractivity contribution in [1.82, 2.24) is 10.2 Å². The molecule has 2 fully saturated rings. The van der Waals surface area contributed by atoms with E-state index < -0.39 is 0 Å². The molecule has 1 heterocycles. The summed E-state index contributed by atoms with van der Waals surface area (Å²) in [4.78, 5) is 14.7. The molecule has 1 aliphatic heterocycles. The largest absolute Gasteiger partial charge is 0.338 e. The second-order valence-corrected chi connectivity index (χ2v) is 6.05. The molecule has 0 bridgehead atoms. The quantitative estimate of drug-likeness (QED) is 0.711. The van der Waals surface area contributed by atoms with Gasteiger partial charge in [0, 0.05) is 12.6 Å². The fourth-order valence-corrected chi connectivity index (χ4v) is 3.10. The molecule has 98 valence electrons. The van der Waals surface area contributed by atoms with Gasteiger partial charge >= 0.3 is 0 Å². The first-order valence-corrected chi connectivity index (χ1v) is 7.17. The van der Waals surface area contributed by atoms with Crippen LogP contribution in [0.1, 0.15) is 58.8 Å². The number of rotatable bonds is 1. The highest BCUT2D eigenvalue weighted by molar-refractivity contribution is 5.86. The third kappa shape index (κ3) is 3.01. The Bertz CT molecular complexity index is 267. The van der Waals surface area contributed by atoms with E-state index in [1.54, 1.807) is 0 Å². The van der Waals surface area contributed by atoms with Gasteiger partial charge in [-0.25, -0.2) is 0 Å². The summed E-state index contributed by atoms with van der Waals surface area (Å²) >= 11 is 0. The number of hydrogen-bond acceptors (Lipinski definition) is 2. The van der Waals surface area contributed by atoms with Crippen molar-refractivity contribution >= 4 is 5.91 Å². The summed E-state index contributed by atoms with van der Waals surface area (Å²) in [6, 6.07) is 0.504. The van der Waals surface area contributed by atoms with Gasteiger partial charge in [-0.05, 0) is 39.7 Å². The van der Waals surface area contributed by atoms with Crippen LogP contribution in [0.5, 0.6) is 0 Å². The molecule has 0 spiro atoms. The molecule has 0 aromatic rings. The van der Waals surface area contributed by atoms with Crippen molar-refractivity contribution in [2.45, 2.75) is 70.4 Å². The standard InChI is InChI=1S/C14H26N2O/c1-14(2)13(17)16(11-7-10-15-14)12-8-5-3-4-6-9-12/h12,15H,3-11H2,1-2H3. The molecule has 1 amide bonds. The molecule has 0 unspecified atom stereocenters. The van der Waals surface area contributed by atoms with Crippen LogP contribution in [0.15, 0.2) is 0 Å². The lowest BCUT2D eigenvalue weighted by atomic mass is 10.0. The van der Waals surface area contributed by atoms with Gasteiger partial charge in [0.25, 0.3) is 0 Å². The molecule has 2 aliphatic rings. The predicted molar refractivity (Wildman–Crippen MR) is 69.9 cm³/mol. The van der Waals surface area contributed by atoms with E-state index in [9.17, 15) is 4.79 Å². The van der Waals surface area contributed by atoms with Crippen LogP contribution in [0.25, 0.3) is 0 Å². The smallest absolute Gasteiger partial charge is 0.242 e. The van der Waals surface area contributed by atoms with Gasteiger partial charge in [0.15, 0.2) is 0 Å². The van der Waals surface area contributed by atoms with E-state index >= 15 is 0 Å². The summed E-state index contributed by atoms with van der Waals surface area (Å²) in [6.07, 6.45) is 8.79. The highest BCUT2D eigenvalue weighted by Crippen LogP contribution is 2.25. The topological polar surface area (TPSA) is 32.3 Å². The molecule has 3 nitrogen and oxygen atoms in total. The van der Waals surface area contributed by atoms with E-state index in [-0.39, 0.29) is 5.54 Å². The van der Waals surface area contributed by atoms with Crippen molar-refractivity contribution in [1.29, 1.82) is 0 Å². The minimum absolute atomic E-state index is 0.307. The molecule has 0 aromatic heterocycles. The minimum Gasteiger partial charge on any atom is -0.338 e. The average molecular weight is 238 g/mol. The first-order chi connectivity index (χ1) is 8.11. The Hall–Kier alpha value is -0.570. The van der Waals surface area contributed by atoms with Gasteiger partial charge in [-0.3, -0.25) is 4.79 Å². The van der Waals surface area contributed by atoms with Gasteiger partial charge in [-0.2, -0.15) is 0 Å². The maximum atomic E-state index is 12.5. The minimum atomic E-state index is -0.372. The zero-order chi connectivity index (χ0) is 12.3. The second kappa shape index (κ2) is 5.38. The number of carbonyl (C=O) groups excluding carboxylic acids is 1. The summed E-state index contributed by atoms with van der Waals surface area (Å²) in [6.45, 7) is 5.94. The number of hydrogen-bond donors (Lipinski definition) is 1. The van der Waals surface area contributed by atoms with Gasteiger partial charge in [0.05, 0.1) is 5.54 Å². The summed E-state index contributed by atoms with van der Waals surface area (Å²) in [7, 11) is 0. The summed E-state index contributed by atoms with van der Waals surface area (Å²) in [5.41, 5.74) is -0.372. The second-order valence-electron chi connectivity index (χ2n) is 6.05. The third-order valence-corrected chi connectivity index (χ3v) is 4.20. The first-order valence-electron chi connectivity index (χ1n) is 7.17. The number of carbonyl (C=O) groups is 1. The Morgan fingerprint density at radius 3 is 2.41 bits per heavy atom. The number of nitrogens with one attached hydrogen (secondary N) is 1. The maximum Gasteiger partial charge on any atom is 0.242 e. The van der Waals surface area contributed by atoms with Gasteiger partial charge in [0.2, 0.25) is 5.91 Å². The normalized spacial score (nSPS) is 27.6. The Balaban J connectivity index is 2.08. The highest BCUT2D eigenvalue weighted by Gasteiger charge is 2.36.